The van der Waals surface area contributed by atoms with Gasteiger partial charge in [0.05, 0.1) is 0 Å². The van der Waals surface area contributed by atoms with Crippen LogP contribution in [0.1, 0.15) is 53.4 Å². The average Bonchev–Trinajstić information content (AvgIpc) is 2.09. The highest BCUT2D eigenvalue weighted by Crippen LogP contribution is 2.31. The van der Waals surface area contributed by atoms with Crippen LogP contribution in [0.15, 0.2) is 0 Å². The molecule has 0 aromatic rings. The lowest BCUT2D eigenvalue weighted by atomic mass is 9.82. The van der Waals surface area contributed by atoms with Crippen molar-refractivity contribution in [3.8, 4) is 0 Å². The maximum absolute atomic E-state index is 2.69. The molecule has 0 saturated carbocycles. The molecular weight excluding hydrogens is 158 g/mol. The number of hydrogen-bond acceptors (Lipinski definition) is 1. The molecule has 1 nitrogen and oxygen atoms in total. The fourth-order valence-electron chi connectivity index (χ4n) is 2.30. The van der Waals surface area contributed by atoms with Crippen LogP contribution in [0.25, 0.3) is 0 Å². The molecule has 0 aliphatic carbocycles. The molecule has 0 radical (unpaired) electrons. The van der Waals surface area contributed by atoms with Crippen LogP contribution in [-0.2, 0) is 0 Å². The van der Waals surface area contributed by atoms with Crippen LogP contribution >= 0.6 is 0 Å². The zero-order valence-corrected chi connectivity index (χ0v) is 9.77. The molecule has 0 aromatic heterocycles. The second-order valence-corrected chi connectivity index (χ2v) is 5.17. The Hall–Kier alpha value is -0.0400. The van der Waals surface area contributed by atoms with Crippen molar-refractivity contribution in [2.75, 3.05) is 13.1 Å². The number of rotatable bonds is 3. The van der Waals surface area contributed by atoms with Crippen molar-refractivity contribution < 1.29 is 0 Å². The summed E-state index contributed by atoms with van der Waals surface area (Å²) in [6, 6.07) is 0.844. The molecule has 1 heterocycles. The monoisotopic (exact) mass is 183 g/mol. The largest absolute Gasteiger partial charge is 0.300 e. The summed E-state index contributed by atoms with van der Waals surface area (Å²) in [5, 5.41) is 0. The molecule has 0 N–H and O–H groups in total. The van der Waals surface area contributed by atoms with E-state index in [0.717, 1.165) is 6.04 Å². The van der Waals surface area contributed by atoms with Crippen LogP contribution in [0.3, 0.4) is 0 Å². The fourth-order valence-corrected chi connectivity index (χ4v) is 2.30. The standard InChI is InChI=1S/C12H25N/c1-5-11(6-2)13-9-7-12(3,4)8-10-13/h11H,5-10H2,1-4H3. The van der Waals surface area contributed by atoms with E-state index in [1.807, 2.05) is 0 Å². The first-order valence-electron chi connectivity index (χ1n) is 5.83. The summed E-state index contributed by atoms with van der Waals surface area (Å²) in [4.78, 5) is 2.69. The van der Waals surface area contributed by atoms with Crippen molar-refractivity contribution in [1.29, 1.82) is 0 Å². The van der Waals surface area contributed by atoms with Gasteiger partial charge in [-0.25, -0.2) is 0 Å². The van der Waals surface area contributed by atoms with Crippen molar-refractivity contribution in [1.82, 2.24) is 4.90 Å². The maximum atomic E-state index is 2.69. The van der Waals surface area contributed by atoms with E-state index in [4.69, 9.17) is 0 Å². The maximum Gasteiger partial charge on any atom is 0.00900 e. The number of likely N-dealkylation sites (tertiary alicyclic amines) is 1. The molecule has 0 amide bonds. The second kappa shape index (κ2) is 4.45. The van der Waals surface area contributed by atoms with Crippen molar-refractivity contribution in [3.63, 3.8) is 0 Å². The Morgan fingerprint density at radius 1 is 1.08 bits per heavy atom. The lowest BCUT2D eigenvalue weighted by molar-refractivity contribution is 0.0898. The molecule has 0 atom stereocenters. The Labute approximate surface area is 83.5 Å². The third-order valence-electron chi connectivity index (χ3n) is 3.61. The summed E-state index contributed by atoms with van der Waals surface area (Å²) in [6.07, 6.45) is 5.39. The molecule has 0 unspecified atom stereocenters. The Morgan fingerprint density at radius 2 is 1.54 bits per heavy atom. The van der Waals surface area contributed by atoms with Crippen LogP contribution in [-0.4, -0.2) is 24.0 Å². The van der Waals surface area contributed by atoms with Crippen molar-refractivity contribution in [2.24, 2.45) is 5.41 Å². The van der Waals surface area contributed by atoms with E-state index in [9.17, 15) is 0 Å². The summed E-state index contributed by atoms with van der Waals surface area (Å²) in [7, 11) is 0. The predicted octanol–water partition coefficient (Wildman–Crippen LogP) is 3.30. The van der Waals surface area contributed by atoms with Gasteiger partial charge in [-0.05, 0) is 44.2 Å². The van der Waals surface area contributed by atoms with Gasteiger partial charge < -0.3 is 4.90 Å². The third-order valence-corrected chi connectivity index (χ3v) is 3.61. The van der Waals surface area contributed by atoms with Crippen LogP contribution in [0.2, 0.25) is 0 Å². The van der Waals surface area contributed by atoms with E-state index in [1.54, 1.807) is 0 Å². The zero-order valence-electron chi connectivity index (χ0n) is 9.77. The molecule has 1 aliphatic rings. The molecule has 1 fully saturated rings. The summed E-state index contributed by atoms with van der Waals surface area (Å²) < 4.78 is 0. The molecule has 13 heavy (non-hydrogen) atoms. The van der Waals surface area contributed by atoms with Gasteiger partial charge in [0, 0.05) is 6.04 Å². The van der Waals surface area contributed by atoms with Gasteiger partial charge in [0.2, 0.25) is 0 Å². The highest BCUT2D eigenvalue weighted by molar-refractivity contribution is 4.81. The SMILES string of the molecule is CCC(CC)N1CCC(C)(C)CC1. The minimum absolute atomic E-state index is 0.600. The minimum Gasteiger partial charge on any atom is -0.300 e. The topological polar surface area (TPSA) is 3.24 Å². The first kappa shape index (κ1) is 11.0. The predicted molar refractivity (Wildman–Crippen MR) is 59.0 cm³/mol. The highest BCUT2D eigenvalue weighted by Gasteiger charge is 2.27. The van der Waals surface area contributed by atoms with Crippen LogP contribution < -0.4 is 0 Å². The third kappa shape index (κ3) is 2.98. The van der Waals surface area contributed by atoms with Crippen molar-refractivity contribution in [3.05, 3.63) is 0 Å². The summed E-state index contributed by atoms with van der Waals surface area (Å²) in [5.41, 5.74) is 0.600. The first-order valence-corrected chi connectivity index (χ1v) is 5.83. The van der Waals surface area contributed by atoms with E-state index in [-0.39, 0.29) is 0 Å². The minimum atomic E-state index is 0.600. The first-order chi connectivity index (χ1) is 6.09. The van der Waals surface area contributed by atoms with Gasteiger partial charge in [-0.15, -0.1) is 0 Å². The van der Waals surface area contributed by atoms with Gasteiger partial charge in [0.15, 0.2) is 0 Å². The Kier molecular flexibility index (Phi) is 3.78. The van der Waals surface area contributed by atoms with E-state index in [2.05, 4.69) is 32.6 Å². The van der Waals surface area contributed by atoms with E-state index in [0.29, 0.717) is 5.41 Å². The van der Waals surface area contributed by atoms with Crippen molar-refractivity contribution >= 4 is 0 Å². The smallest absolute Gasteiger partial charge is 0.00900 e. The fraction of sp³-hybridized carbons (Fsp3) is 1.00. The van der Waals surface area contributed by atoms with Gasteiger partial charge >= 0.3 is 0 Å². The highest BCUT2D eigenvalue weighted by atomic mass is 15.2. The van der Waals surface area contributed by atoms with Crippen molar-refractivity contribution in [2.45, 2.75) is 59.4 Å². The van der Waals surface area contributed by atoms with E-state index in [1.165, 1.54) is 38.8 Å². The molecule has 0 spiro atoms. The number of nitrogens with zero attached hydrogens (tertiary/aromatic N) is 1. The molecule has 1 heteroatoms. The zero-order chi connectivity index (χ0) is 9.90. The lowest BCUT2D eigenvalue weighted by Gasteiger charge is -2.40. The lowest BCUT2D eigenvalue weighted by Crippen LogP contribution is -2.43. The molecule has 1 aliphatic heterocycles. The van der Waals surface area contributed by atoms with Gasteiger partial charge in [-0.3, -0.25) is 0 Å². The second-order valence-electron chi connectivity index (χ2n) is 5.17. The van der Waals surface area contributed by atoms with E-state index < -0.39 is 0 Å². The Balaban J connectivity index is 2.39. The Morgan fingerprint density at radius 3 is 1.92 bits per heavy atom. The van der Waals surface area contributed by atoms with Gasteiger partial charge in [0.25, 0.3) is 0 Å². The molecule has 1 rings (SSSR count). The number of hydrogen-bond donors (Lipinski definition) is 0. The molecule has 1 saturated heterocycles. The molecule has 0 aromatic carbocycles. The van der Waals surface area contributed by atoms with Crippen LogP contribution in [0.4, 0.5) is 0 Å². The molecule has 78 valence electrons. The number of piperidine rings is 1. The molecule has 0 bridgehead atoms. The summed E-state index contributed by atoms with van der Waals surface area (Å²) in [6.45, 7) is 12.1. The Bertz CT molecular complexity index is 137. The van der Waals surface area contributed by atoms with E-state index >= 15 is 0 Å². The average molecular weight is 183 g/mol. The quantitative estimate of drug-likeness (QED) is 0.649. The van der Waals surface area contributed by atoms with Crippen LogP contribution in [0, 0.1) is 5.41 Å². The molecular formula is C12H25N. The van der Waals surface area contributed by atoms with Crippen LogP contribution in [0.5, 0.6) is 0 Å². The normalized spacial score (nSPS) is 23.8. The van der Waals surface area contributed by atoms with Gasteiger partial charge in [0.1, 0.15) is 0 Å². The summed E-state index contributed by atoms with van der Waals surface area (Å²) in [5.74, 6) is 0. The summed E-state index contributed by atoms with van der Waals surface area (Å²) >= 11 is 0. The van der Waals surface area contributed by atoms with Gasteiger partial charge in [-0.2, -0.15) is 0 Å². The van der Waals surface area contributed by atoms with Gasteiger partial charge in [-0.1, -0.05) is 27.7 Å².